The molecule has 1 saturated heterocycles. The van der Waals surface area contributed by atoms with Crippen LogP contribution in [0.2, 0.25) is 0 Å². The van der Waals surface area contributed by atoms with Crippen LogP contribution in [-0.2, 0) is 32.5 Å². The highest BCUT2D eigenvalue weighted by molar-refractivity contribution is 7.89. The van der Waals surface area contributed by atoms with Crippen LogP contribution in [0.15, 0.2) is 33.7 Å². The number of aryl methyl sites for hydroxylation is 1. The third-order valence-electron chi connectivity index (χ3n) is 4.27. The van der Waals surface area contributed by atoms with Gasteiger partial charge in [0.25, 0.3) is 5.89 Å². The molecule has 0 radical (unpaired) electrons. The number of aromatic nitrogens is 2. The molecule has 1 aliphatic rings. The van der Waals surface area contributed by atoms with Crippen molar-refractivity contribution in [3.63, 3.8) is 0 Å². The summed E-state index contributed by atoms with van der Waals surface area (Å²) in [5.41, 5.74) is 0.234. The number of hydrogen-bond donors (Lipinski definition) is 0. The van der Waals surface area contributed by atoms with E-state index in [1.165, 1.54) is 28.6 Å². The molecule has 2 unspecified atom stereocenters. The Morgan fingerprint density at radius 3 is 2.43 bits per heavy atom. The Morgan fingerprint density at radius 2 is 1.86 bits per heavy atom. The molecule has 28 heavy (non-hydrogen) atoms. The van der Waals surface area contributed by atoms with E-state index in [0.717, 1.165) is 0 Å². The molecule has 0 spiro atoms. The smallest absolute Gasteiger partial charge is 0.338 e. The maximum absolute atomic E-state index is 12.8. The van der Waals surface area contributed by atoms with Gasteiger partial charge in [0.1, 0.15) is 0 Å². The number of sulfonamides is 1. The predicted molar refractivity (Wildman–Crippen MR) is 98.0 cm³/mol. The van der Waals surface area contributed by atoms with Gasteiger partial charge >= 0.3 is 5.97 Å². The van der Waals surface area contributed by atoms with Gasteiger partial charge in [0.15, 0.2) is 12.4 Å². The lowest BCUT2D eigenvalue weighted by Gasteiger charge is -2.34. The van der Waals surface area contributed by atoms with Gasteiger partial charge in [0.2, 0.25) is 10.0 Å². The van der Waals surface area contributed by atoms with Crippen LogP contribution in [0.25, 0.3) is 0 Å². The van der Waals surface area contributed by atoms with Crippen molar-refractivity contribution < 1.29 is 27.2 Å². The highest BCUT2D eigenvalue weighted by atomic mass is 32.2. The first kappa shape index (κ1) is 20.4. The molecular formula is C18H23N3O6S. The summed E-state index contributed by atoms with van der Waals surface area (Å²) in [4.78, 5) is 16.3. The summed E-state index contributed by atoms with van der Waals surface area (Å²) in [5, 5.41) is 3.72. The third-order valence-corrected chi connectivity index (χ3v) is 6.11. The van der Waals surface area contributed by atoms with Gasteiger partial charge in [0, 0.05) is 19.5 Å². The average molecular weight is 409 g/mol. The van der Waals surface area contributed by atoms with Gasteiger partial charge in [0.05, 0.1) is 22.7 Å². The quantitative estimate of drug-likeness (QED) is 0.664. The molecule has 0 N–H and O–H groups in total. The Morgan fingerprint density at radius 1 is 1.21 bits per heavy atom. The molecule has 0 saturated carbocycles. The minimum Gasteiger partial charge on any atom is -0.452 e. The lowest BCUT2D eigenvalue weighted by atomic mass is 10.2. The second-order valence-electron chi connectivity index (χ2n) is 6.64. The predicted octanol–water partition coefficient (Wildman–Crippen LogP) is 1.79. The standard InChI is InChI=1S/C18H23N3O6S/c1-4-16-19-17(27-20-16)11-25-18(22)14-5-7-15(8-6-14)28(23,24)21-9-12(2)26-13(3)10-21/h5-8,12-13H,4,9-11H2,1-3H3. The normalized spacial score (nSPS) is 20.8. The van der Waals surface area contributed by atoms with Gasteiger partial charge in [-0.3, -0.25) is 0 Å². The van der Waals surface area contributed by atoms with Crippen molar-refractivity contribution in [2.24, 2.45) is 0 Å². The van der Waals surface area contributed by atoms with Gasteiger partial charge in [-0.15, -0.1) is 0 Å². The van der Waals surface area contributed by atoms with Crippen LogP contribution >= 0.6 is 0 Å². The number of carbonyl (C=O) groups is 1. The summed E-state index contributed by atoms with van der Waals surface area (Å²) in [6.07, 6.45) is 0.269. The van der Waals surface area contributed by atoms with E-state index in [0.29, 0.717) is 25.3 Å². The van der Waals surface area contributed by atoms with Crippen molar-refractivity contribution in [3.8, 4) is 0 Å². The molecule has 1 aromatic carbocycles. The molecule has 2 atom stereocenters. The van der Waals surface area contributed by atoms with Gasteiger partial charge < -0.3 is 14.0 Å². The molecule has 0 aliphatic carbocycles. The van der Waals surface area contributed by atoms with Gasteiger partial charge in [-0.25, -0.2) is 13.2 Å². The summed E-state index contributed by atoms with van der Waals surface area (Å²) in [6, 6.07) is 5.65. The maximum atomic E-state index is 12.8. The van der Waals surface area contributed by atoms with E-state index in [1.54, 1.807) is 0 Å². The van der Waals surface area contributed by atoms with Crippen molar-refractivity contribution in [2.75, 3.05) is 13.1 Å². The number of nitrogens with zero attached hydrogens (tertiary/aromatic N) is 3. The van der Waals surface area contributed by atoms with E-state index in [-0.39, 0.29) is 35.2 Å². The fourth-order valence-electron chi connectivity index (χ4n) is 2.94. The summed E-state index contributed by atoms with van der Waals surface area (Å²) < 4.78 is 42.7. The summed E-state index contributed by atoms with van der Waals surface area (Å²) >= 11 is 0. The Kier molecular flexibility index (Phi) is 6.11. The molecular weight excluding hydrogens is 386 g/mol. The lowest BCUT2D eigenvalue weighted by Crippen LogP contribution is -2.48. The second kappa shape index (κ2) is 8.38. The molecule has 2 aromatic rings. The summed E-state index contributed by atoms with van der Waals surface area (Å²) in [5.74, 6) is 0.140. The zero-order valence-electron chi connectivity index (χ0n) is 16.0. The van der Waals surface area contributed by atoms with Crippen molar-refractivity contribution in [3.05, 3.63) is 41.5 Å². The van der Waals surface area contributed by atoms with Crippen molar-refractivity contribution in [1.29, 1.82) is 0 Å². The highest BCUT2D eigenvalue weighted by Gasteiger charge is 2.32. The number of benzene rings is 1. The molecule has 0 amide bonds. The van der Waals surface area contributed by atoms with Crippen molar-refractivity contribution in [2.45, 2.75) is 50.9 Å². The van der Waals surface area contributed by atoms with Crippen molar-refractivity contribution >= 4 is 16.0 Å². The largest absolute Gasteiger partial charge is 0.452 e. The first-order chi connectivity index (χ1) is 13.3. The maximum Gasteiger partial charge on any atom is 0.338 e. The van der Waals surface area contributed by atoms with Gasteiger partial charge in [-0.1, -0.05) is 12.1 Å². The molecule has 1 fully saturated rings. The fraction of sp³-hybridized carbons (Fsp3) is 0.500. The van der Waals surface area contributed by atoms with Crippen LogP contribution in [0.5, 0.6) is 0 Å². The minimum absolute atomic E-state index is 0.120. The molecule has 10 heteroatoms. The number of ether oxygens (including phenoxy) is 2. The van der Waals surface area contributed by atoms with E-state index in [9.17, 15) is 13.2 Å². The Bertz CT molecular complexity index is 915. The van der Waals surface area contributed by atoms with E-state index < -0.39 is 16.0 Å². The third kappa shape index (κ3) is 4.57. The molecule has 9 nitrogen and oxygen atoms in total. The Labute approximate surface area is 163 Å². The lowest BCUT2D eigenvalue weighted by molar-refractivity contribution is -0.0440. The monoisotopic (exact) mass is 409 g/mol. The van der Waals surface area contributed by atoms with Crippen molar-refractivity contribution in [1.82, 2.24) is 14.4 Å². The fourth-order valence-corrected chi connectivity index (χ4v) is 4.53. The number of morpholine rings is 1. The van der Waals surface area contributed by atoms with E-state index in [1.807, 2.05) is 20.8 Å². The van der Waals surface area contributed by atoms with E-state index in [2.05, 4.69) is 10.1 Å². The second-order valence-corrected chi connectivity index (χ2v) is 8.58. The van der Waals surface area contributed by atoms with Crippen LogP contribution in [0.4, 0.5) is 0 Å². The number of carbonyl (C=O) groups excluding carboxylic acids is 1. The molecule has 2 heterocycles. The van der Waals surface area contributed by atoms with Crippen LogP contribution in [0.1, 0.15) is 42.8 Å². The Hall–Kier alpha value is -2.30. The zero-order chi connectivity index (χ0) is 20.3. The Balaban J connectivity index is 1.65. The first-order valence-corrected chi connectivity index (χ1v) is 10.5. The van der Waals surface area contributed by atoms with Crippen LogP contribution in [0.3, 0.4) is 0 Å². The number of rotatable bonds is 6. The highest BCUT2D eigenvalue weighted by Crippen LogP contribution is 2.21. The van der Waals surface area contributed by atoms with Crippen LogP contribution < -0.4 is 0 Å². The van der Waals surface area contributed by atoms with E-state index in [4.69, 9.17) is 14.0 Å². The average Bonchev–Trinajstić information content (AvgIpc) is 3.13. The zero-order valence-corrected chi connectivity index (χ0v) is 16.8. The molecule has 1 aliphatic heterocycles. The molecule has 0 bridgehead atoms. The topological polar surface area (TPSA) is 112 Å². The van der Waals surface area contributed by atoms with E-state index >= 15 is 0 Å². The number of hydrogen-bond acceptors (Lipinski definition) is 8. The summed E-state index contributed by atoms with van der Waals surface area (Å²) in [6.45, 7) is 6.00. The van der Waals surface area contributed by atoms with Crippen LogP contribution in [0, 0.1) is 0 Å². The van der Waals surface area contributed by atoms with Crippen LogP contribution in [-0.4, -0.2) is 54.1 Å². The molecule has 152 valence electrons. The first-order valence-electron chi connectivity index (χ1n) is 9.04. The SMILES string of the molecule is CCc1noc(COC(=O)c2ccc(S(=O)(=O)N3CC(C)OC(C)C3)cc2)n1. The van der Waals surface area contributed by atoms with Gasteiger partial charge in [-0.05, 0) is 38.1 Å². The minimum atomic E-state index is -3.66. The molecule has 1 aromatic heterocycles. The summed E-state index contributed by atoms with van der Waals surface area (Å²) in [7, 11) is -3.66. The van der Waals surface area contributed by atoms with Gasteiger partial charge in [-0.2, -0.15) is 9.29 Å². The molecule has 3 rings (SSSR count). The number of esters is 1.